The summed E-state index contributed by atoms with van der Waals surface area (Å²) in [4.78, 5) is 6.95. The van der Waals surface area contributed by atoms with Crippen molar-refractivity contribution in [3.63, 3.8) is 0 Å². The highest BCUT2D eigenvalue weighted by molar-refractivity contribution is 7.09. The van der Waals surface area contributed by atoms with E-state index in [1.54, 1.807) is 11.3 Å². The topological polar surface area (TPSA) is 16.1 Å². The van der Waals surface area contributed by atoms with Gasteiger partial charge in [-0.1, -0.05) is 0 Å². The molecule has 0 saturated carbocycles. The Hall–Kier alpha value is -0.410. The molecule has 0 aliphatic carbocycles. The Labute approximate surface area is 96.3 Å². The molecule has 2 heterocycles. The van der Waals surface area contributed by atoms with Gasteiger partial charge in [-0.05, 0) is 45.7 Å². The van der Waals surface area contributed by atoms with Crippen LogP contribution in [0.2, 0.25) is 0 Å². The van der Waals surface area contributed by atoms with Crippen molar-refractivity contribution in [1.82, 2.24) is 9.88 Å². The Morgan fingerprint density at radius 3 is 2.73 bits per heavy atom. The normalized spacial score (nSPS) is 19.9. The van der Waals surface area contributed by atoms with Crippen LogP contribution in [-0.4, -0.2) is 29.0 Å². The molecule has 1 fully saturated rings. The predicted octanol–water partition coefficient (Wildman–Crippen LogP) is 2.81. The molecule has 0 unspecified atom stereocenters. The van der Waals surface area contributed by atoms with Crippen molar-refractivity contribution < 1.29 is 0 Å². The van der Waals surface area contributed by atoms with Gasteiger partial charge in [0.2, 0.25) is 0 Å². The van der Waals surface area contributed by atoms with Crippen molar-refractivity contribution in [2.75, 3.05) is 13.1 Å². The van der Waals surface area contributed by atoms with Gasteiger partial charge in [0.1, 0.15) is 0 Å². The Morgan fingerprint density at radius 1 is 1.47 bits per heavy atom. The van der Waals surface area contributed by atoms with E-state index in [0.29, 0.717) is 6.04 Å². The van der Waals surface area contributed by atoms with Gasteiger partial charge in [0.15, 0.2) is 0 Å². The summed E-state index contributed by atoms with van der Waals surface area (Å²) in [6.45, 7) is 7.13. The minimum absolute atomic E-state index is 0.714. The second kappa shape index (κ2) is 5.08. The van der Waals surface area contributed by atoms with E-state index in [2.05, 4.69) is 29.1 Å². The number of piperidine rings is 1. The van der Waals surface area contributed by atoms with Gasteiger partial charge in [0, 0.05) is 24.0 Å². The molecule has 0 N–H and O–H groups in total. The first kappa shape index (κ1) is 11.1. The number of aromatic nitrogens is 1. The molecule has 0 aromatic carbocycles. The molecule has 0 amide bonds. The first-order valence-corrected chi connectivity index (χ1v) is 6.76. The van der Waals surface area contributed by atoms with Crippen molar-refractivity contribution in [2.24, 2.45) is 5.92 Å². The Kier molecular flexibility index (Phi) is 3.76. The van der Waals surface area contributed by atoms with E-state index in [-0.39, 0.29) is 0 Å². The van der Waals surface area contributed by atoms with Crippen LogP contribution in [0, 0.1) is 5.92 Å². The van der Waals surface area contributed by atoms with E-state index in [0.717, 1.165) is 5.92 Å². The third kappa shape index (κ3) is 3.02. The summed E-state index contributed by atoms with van der Waals surface area (Å²) >= 11 is 1.80. The van der Waals surface area contributed by atoms with Crippen LogP contribution < -0.4 is 0 Å². The molecule has 1 aromatic heterocycles. The highest BCUT2D eigenvalue weighted by atomic mass is 32.1. The fourth-order valence-electron chi connectivity index (χ4n) is 2.27. The maximum Gasteiger partial charge on any atom is 0.0927 e. The van der Waals surface area contributed by atoms with Gasteiger partial charge < -0.3 is 4.90 Å². The third-order valence-corrected chi connectivity index (χ3v) is 4.13. The molecule has 2 rings (SSSR count). The lowest BCUT2D eigenvalue weighted by Gasteiger charge is -2.34. The van der Waals surface area contributed by atoms with Crippen molar-refractivity contribution >= 4 is 11.3 Å². The molecular formula is C12H20N2S. The average molecular weight is 224 g/mol. The molecule has 0 atom stereocenters. The van der Waals surface area contributed by atoms with Gasteiger partial charge in [0.25, 0.3) is 0 Å². The number of thiazole rings is 1. The van der Waals surface area contributed by atoms with Crippen molar-refractivity contribution in [1.29, 1.82) is 0 Å². The molecule has 1 aromatic rings. The van der Waals surface area contributed by atoms with Crippen molar-refractivity contribution in [3.8, 4) is 0 Å². The highest BCUT2D eigenvalue weighted by Gasteiger charge is 2.21. The summed E-state index contributed by atoms with van der Waals surface area (Å²) in [7, 11) is 0. The highest BCUT2D eigenvalue weighted by Crippen LogP contribution is 2.23. The van der Waals surface area contributed by atoms with Crippen LogP contribution in [0.4, 0.5) is 0 Å². The molecule has 1 aliphatic rings. The first-order valence-electron chi connectivity index (χ1n) is 5.88. The van der Waals surface area contributed by atoms with E-state index in [4.69, 9.17) is 0 Å². The summed E-state index contributed by atoms with van der Waals surface area (Å²) in [5.74, 6) is 0.867. The Balaban J connectivity index is 1.79. The second-order valence-electron chi connectivity index (χ2n) is 4.70. The number of hydrogen-bond donors (Lipinski definition) is 0. The largest absolute Gasteiger partial charge is 0.301 e. The SMILES string of the molecule is CC(C)N1CCC(Cc2nccs2)CC1. The van der Waals surface area contributed by atoms with Gasteiger partial charge in [0.05, 0.1) is 5.01 Å². The maximum absolute atomic E-state index is 4.37. The summed E-state index contributed by atoms with van der Waals surface area (Å²) in [5, 5.41) is 3.40. The van der Waals surface area contributed by atoms with E-state index in [9.17, 15) is 0 Å². The van der Waals surface area contributed by atoms with Gasteiger partial charge >= 0.3 is 0 Å². The molecule has 0 radical (unpaired) electrons. The fraction of sp³-hybridized carbons (Fsp3) is 0.750. The molecular weight excluding hydrogens is 204 g/mol. The molecule has 0 bridgehead atoms. The average Bonchev–Trinajstić information content (AvgIpc) is 2.71. The van der Waals surface area contributed by atoms with Crippen LogP contribution in [0.5, 0.6) is 0 Å². The second-order valence-corrected chi connectivity index (χ2v) is 5.68. The zero-order chi connectivity index (χ0) is 10.7. The first-order chi connectivity index (χ1) is 7.25. The number of likely N-dealkylation sites (tertiary alicyclic amines) is 1. The predicted molar refractivity (Wildman–Crippen MR) is 65.3 cm³/mol. The number of hydrogen-bond acceptors (Lipinski definition) is 3. The summed E-state index contributed by atoms with van der Waals surface area (Å²) in [6.07, 6.45) is 5.81. The molecule has 3 heteroatoms. The molecule has 1 aliphatic heterocycles. The van der Waals surface area contributed by atoms with Gasteiger partial charge in [-0.15, -0.1) is 11.3 Å². The van der Waals surface area contributed by atoms with Crippen LogP contribution in [0.1, 0.15) is 31.7 Å². The van der Waals surface area contributed by atoms with E-state index >= 15 is 0 Å². The number of rotatable bonds is 3. The molecule has 1 saturated heterocycles. The van der Waals surface area contributed by atoms with Crippen LogP contribution in [0.25, 0.3) is 0 Å². The zero-order valence-corrected chi connectivity index (χ0v) is 10.5. The smallest absolute Gasteiger partial charge is 0.0927 e. The van der Waals surface area contributed by atoms with Crippen molar-refractivity contribution in [3.05, 3.63) is 16.6 Å². The maximum atomic E-state index is 4.37. The van der Waals surface area contributed by atoms with Crippen LogP contribution in [0.15, 0.2) is 11.6 Å². The minimum Gasteiger partial charge on any atom is -0.301 e. The van der Waals surface area contributed by atoms with Gasteiger partial charge in [-0.3, -0.25) is 0 Å². The molecule has 15 heavy (non-hydrogen) atoms. The van der Waals surface area contributed by atoms with Gasteiger partial charge in [-0.25, -0.2) is 4.98 Å². The number of nitrogens with zero attached hydrogens (tertiary/aromatic N) is 2. The molecule has 2 nitrogen and oxygen atoms in total. The standard InChI is InChI=1S/C12H20N2S/c1-10(2)14-6-3-11(4-7-14)9-12-13-5-8-15-12/h5,8,10-11H,3-4,6-7,9H2,1-2H3. The molecule has 84 valence electrons. The lowest BCUT2D eigenvalue weighted by atomic mass is 9.93. The lowest BCUT2D eigenvalue weighted by molar-refractivity contribution is 0.149. The van der Waals surface area contributed by atoms with Crippen LogP contribution in [0.3, 0.4) is 0 Å². The van der Waals surface area contributed by atoms with E-state index in [1.165, 1.54) is 37.4 Å². The monoisotopic (exact) mass is 224 g/mol. The van der Waals surface area contributed by atoms with E-state index in [1.807, 2.05) is 6.20 Å². The third-order valence-electron chi connectivity index (χ3n) is 3.33. The van der Waals surface area contributed by atoms with Gasteiger partial charge in [-0.2, -0.15) is 0 Å². The summed E-state index contributed by atoms with van der Waals surface area (Å²) in [5.41, 5.74) is 0. The Bertz CT molecular complexity index is 274. The van der Waals surface area contributed by atoms with Crippen LogP contribution in [-0.2, 0) is 6.42 Å². The zero-order valence-electron chi connectivity index (χ0n) is 9.65. The molecule has 0 spiro atoms. The lowest BCUT2D eigenvalue weighted by Crippen LogP contribution is -2.38. The minimum atomic E-state index is 0.714. The Morgan fingerprint density at radius 2 is 2.20 bits per heavy atom. The quantitative estimate of drug-likeness (QED) is 0.785. The fourth-order valence-corrected chi connectivity index (χ4v) is 3.01. The van der Waals surface area contributed by atoms with Crippen molar-refractivity contribution in [2.45, 2.75) is 39.2 Å². The summed E-state index contributed by atoms with van der Waals surface area (Å²) < 4.78 is 0. The van der Waals surface area contributed by atoms with Crippen LogP contribution >= 0.6 is 11.3 Å². The van der Waals surface area contributed by atoms with E-state index < -0.39 is 0 Å². The summed E-state index contributed by atoms with van der Waals surface area (Å²) in [6, 6.07) is 0.714.